The molecule has 2 aromatic heterocycles. The number of ether oxygens (including phenoxy) is 3. The molecule has 53 heavy (non-hydrogen) atoms. The number of nitrogens with one attached hydrogen (secondary N) is 1. The number of piperidine rings is 1. The second-order valence-corrected chi connectivity index (χ2v) is 14.3. The Balaban J connectivity index is 0.000000533. The Morgan fingerprint density at radius 1 is 0.887 bits per heavy atom. The summed E-state index contributed by atoms with van der Waals surface area (Å²) in [4.78, 5) is 42.2. The molecule has 0 bridgehead atoms. The fraction of sp³-hybridized carbons (Fsp3) is 0.459. The van der Waals surface area contributed by atoms with Crippen molar-refractivity contribution in [2.45, 2.75) is 70.1 Å². The minimum Gasteiger partial charge on any atom is -0.490 e. The topological polar surface area (TPSA) is 145 Å². The van der Waals surface area contributed by atoms with Crippen LogP contribution in [0, 0.1) is 23.4 Å². The first-order valence-corrected chi connectivity index (χ1v) is 17.5. The number of anilines is 2. The summed E-state index contributed by atoms with van der Waals surface area (Å²) >= 11 is 0. The van der Waals surface area contributed by atoms with Crippen molar-refractivity contribution in [1.82, 2.24) is 25.4 Å². The molecule has 1 saturated carbocycles. The van der Waals surface area contributed by atoms with Crippen LogP contribution in [0.25, 0.3) is 0 Å². The number of benzene rings is 2. The van der Waals surface area contributed by atoms with E-state index in [-0.39, 0.29) is 11.6 Å². The molecular formula is C37H42F3N7O6. The molecule has 1 N–H and O–H groups in total. The van der Waals surface area contributed by atoms with Gasteiger partial charge in [-0.1, -0.05) is 5.16 Å². The van der Waals surface area contributed by atoms with Gasteiger partial charge in [0.1, 0.15) is 23.1 Å². The van der Waals surface area contributed by atoms with Gasteiger partial charge in [0.2, 0.25) is 11.8 Å². The molecule has 2 aliphatic heterocycles. The van der Waals surface area contributed by atoms with Gasteiger partial charge in [0, 0.05) is 26.2 Å². The van der Waals surface area contributed by atoms with Crippen molar-refractivity contribution in [2.24, 2.45) is 5.92 Å². The quantitative estimate of drug-likeness (QED) is 0.195. The van der Waals surface area contributed by atoms with Crippen LogP contribution in [0.1, 0.15) is 69.1 Å². The summed E-state index contributed by atoms with van der Waals surface area (Å²) in [7, 11) is 0. The van der Waals surface area contributed by atoms with Crippen molar-refractivity contribution in [3.8, 4) is 5.75 Å². The Hall–Kier alpha value is -5.41. The molecule has 1 atom stereocenters. The lowest BCUT2D eigenvalue weighted by Gasteiger charge is -2.30. The zero-order chi connectivity index (χ0) is 37.6. The molecular weight excluding hydrogens is 695 g/mol. The minimum atomic E-state index is -0.898. The van der Waals surface area contributed by atoms with Crippen LogP contribution in [0.4, 0.5) is 29.9 Å². The SMILES string of the molecule is CC(C)(C)OC(=O)NC1CCN(c2ncc(OCC3CCN(c4nc(C5(OC(=O)c6ccc(F)cc6)CC5)no4)CC3)cn2)C1.Fc1ccc(F)cc1. The van der Waals surface area contributed by atoms with Crippen LogP contribution in [-0.2, 0) is 15.1 Å². The number of hydrogen-bond acceptors (Lipinski definition) is 12. The molecule has 1 amide bonds. The summed E-state index contributed by atoms with van der Waals surface area (Å²) in [6, 6.07) is 9.93. The van der Waals surface area contributed by atoms with E-state index >= 15 is 0 Å². The second kappa shape index (κ2) is 16.1. The van der Waals surface area contributed by atoms with Gasteiger partial charge >= 0.3 is 18.1 Å². The number of alkyl carbamates (subject to hydrolysis) is 1. The van der Waals surface area contributed by atoms with Crippen LogP contribution < -0.4 is 19.9 Å². The molecule has 4 aromatic rings. The maximum Gasteiger partial charge on any atom is 0.407 e. The molecule has 4 heterocycles. The lowest BCUT2D eigenvalue weighted by Crippen LogP contribution is -2.40. The highest BCUT2D eigenvalue weighted by atomic mass is 19.1. The number of nitrogens with zero attached hydrogens (tertiary/aromatic N) is 6. The number of halogens is 3. The standard InChI is InChI=1S/C31H38FN7O6.C6H4F2/c1-30(2,3)44-29(41)35-23-10-15-39(18-23)27-33-16-24(17-34-27)42-19-20-8-13-38(14-9-20)28-36-26(37-45-28)31(11-12-31)43-25(40)21-4-6-22(32)7-5-21;7-5-1-2-6(8)4-3-5/h4-7,16-17,20,23H,8-15,18-19H2,1-3H3,(H,35,41);1-4H. The third-order valence-electron chi connectivity index (χ3n) is 8.88. The smallest absolute Gasteiger partial charge is 0.407 e. The molecule has 0 spiro atoms. The third-order valence-corrected chi connectivity index (χ3v) is 8.88. The maximum absolute atomic E-state index is 13.2. The first-order chi connectivity index (χ1) is 25.3. The van der Waals surface area contributed by atoms with E-state index in [1.54, 1.807) is 12.4 Å². The van der Waals surface area contributed by atoms with Crippen molar-refractivity contribution < 1.29 is 41.5 Å². The number of carbonyl (C=O) groups is 2. The highest BCUT2D eigenvalue weighted by molar-refractivity contribution is 5.89. The molecule has 16 heteroatoms. The molecule has 282 valence electrons. The van der Waals surface area contributed by atoms with Gasteiger partial charge in [-0.2, -0.15) is 4.98 Å². The van der Waals surface area contributed by atoms with Crippen molar-refractivity contribution in [3.63, 3.8) is 0 Å². The van der Waals surface area contributed by atoms with Crippen molar-refractivity contribution in [1.29, 1.82) is 0 Å². The number of rotatable bonds is 9. The molecule has 2 saturated heterocycles. The monoisotopic (exact) mass is 737 g/mol. The number of esters is 1. The van der Waals surface area contributed by atoms with E-state index in [4.69, 9.17) is 18.7 Å². The minimum absolute atomic E-state index is 0.0239. The first kappa shape index (κ1) is 37.4. The normalized spacial score (nSPS) is 18.1. The van der Waals surface area contributed by atoms with Gasteiger partial charge in [-0.3, -0.25) is 0 Å². The zero-order valence-electron chi connectivity index (χ0n) is 29.8. The Morgan fingerprint density at radius 2 is 1.47 bits per heavy atom. The van der Waals surface area contributed by atoms with Gasteiger partial charge in [0.15, 0.2) is 11.4 Å². The molecule has 13 nitrogen and oxygen atoms in total. The van der Waals surface area contributed by atoms with Crippen LogP contribution in [0.2, 0.25) is 0 Å². The van der Waals surface area contributed by atoms with Crippen molar-refractivity contribution in [3.05, 3.63) is 89.8 Å². The third kappa shape index (κ3) is 10.4. The van der Waals surface area contributed by atoms with E-state index in [1.165, 1.54) is 24.3 Å². The Bertz CT molecular complexity index is 1800. The summed E-state index contributed by atoms with van der Waals surface area (Å²) in [6.07, 6.45) is 6.70. The van der Waals surface area contributed by atoms with Gasteiger partial charge in [0.25, 0.3) is 0 Å². The summed E-state index contributed by atoms with van der Waals surface area (Å²) < 4.78 is 59.7. The number of amides is 1. The Kier molecular flexibility index (Phi) is 11.3. The average molecular weight is 738 g/mol. The van der Waals surface area contributed by atoms with Gasteiger partial charge in [-0.05, 0) is 107 Å². The molecule has 3 fully saturated rings. The maximum atomic E-state index is 13.2. The van der Waals surface area contributed by atoms with Crippen LogP contribution >= 0.6 is 0 Å². The predicted molar refractivity (Wildman–Crippen MR) is 186 cm³/mol. The molecule has 0 radical (unpaired) electrons. The van der Waals surface area contributed by atoms with Crippen LogP contribution in [0.15, 0.2) is 65.4 Å². The molecule has 2 aromatic carbocycles. The molecule has 7 rings (SSSR count). The summed E-state index contributed by atoms with van der Waals surface area (Å²) in [5.41, 5.74) is -1.17. The first-order valence-electron chi connectivity index (χ1n) is 17.5. The predicted octanol–water partition coefficient (Wildman–Crippen LogP) is 6.21. The van der Waals surface area contributed by atoms with E-state index in [0.29, 0.717) is 55.4 Å². The van der Waals surface area contributed by atoms with Crippen molar-refractivity contribution >= 4 is 24.0 Å². The number of carbonyl (C=O) groups excluding carboxylic acids is 2. The number of hydrogen-bond donors (Lipinski definition) is 1. The van der Waals surface area contributed by atoms with E-state index < -0.39 is 40.7 Å². The van der Waals surface area contributed by atoms with Crippen LogP contribution in [0.3, 0.4) is 0 Å². The molecule has 1 aliphatic carbocycles. The lowest BCUT2D eigenvalue weighted by molar-refractivity contribution is 0.0183. The highest BCUT2D eigenvalue weighted by Crippen LogP contribution is 2.49. The van der Waals surface area contributed by atoms with E-state index in [2.05, 4.69) is 25.4 Å². The van der Waals surface area contributed by atoms with Gasteiger partial charge in [-0.15, -0.1) is 0 Å². The molecule has 3 aliphatic rings. The van der Waals surface area contributed by atoms with Gasteiger partial charge in [0.05, 0.1) is 30.6 Å². The molecule has 1 unspecified atom stereocenters. The largest absolute Gasteiger partial charge is 0.490 e. The highest BCUT2D eigenvalue weighted by Gasteiger charge is 2.53. The summed E-state index contributed by atoms with van der Waals surface area (Å²) in [5, 5.41) is 7.03. The van der Waals surface area contributed by atoms with Crippen LogP contribution in [-0.4, -0.2) is 76.6 Å². The Labute approximate surface area is 304 Å². The van der Waals surface area contributed by atoms with Gasteiger partial charge < -0.3 is 33.9 Å². The average Bonchev–Trinajstić information content (AvgIpc) is 3.49. The fourth-order valence-electron chi connectivity index (χ4n) is 5.85. The summed E-state index contributed by atoms with van der Waals surface area (Å²) in [6.45, 7) is 8.86. The second-order valence-electron chi connectivity index (χ2n) is 14.3. The lowest BCUT2D eigenvalue weighted by atomic mass is 9.98. The fourth-order valence-corrected chi connectivity index (χ4v) is 5.85. The summed E-state index contributed by atoms with van der Waals surface area (Å²) in [5.74, 6) is 0.114. The number of aromatic nitrogens is 4. The van der Waals surface area contributed by atoms with Crippen molar-refractivity contribution in [2.75, 3.05) is 42.6 Å². The van der Waals surface area contributed by atoms with E-state index in [0.717, 1.165) is 63.2 Å². The van der Waals surface area contributed by atoms with E-state index in [9.17, 15) is 22.8 Å². The van der Waals surface area contributed by atoms with Crippen LogP contribution in [0.5, 0.6) is 5.75 Å². The zero-order valence-corrected chi connectivity index (χ0v) is 29.8. The van der Waals surface area contributed by atoms with E-state index in [1.807, 2.05) is 30.6 Å². The van der Waals surface area contributed by atoms with Gasteiger partial charge in [-0.25, -0.2) is 32.7 Å². The Morgan fingerprint density at radius 3 is 2.06 bits per heavy atom.